The average Bonchev–Trinajstić information content (AvgIpc) is 3.15. The lowest BCUT2D eigenvalue weighted by Crippen LogP contribution is -2.48. The van der Waals surface area contributed by atoms with E-state index in [-0.39, 0.29) is 5.91 Å². The molecule has 0 atom stereocenters. The van der Waals surface area contributed by atoms with Crippen molar-refractivity contribution in [1.29, 1.82) is 0 Å². The van der Waals surface area contributed by atoms with Crippen LogP contribution in [0.2, 0.25) is 0 Å². The second kappa shape index (κ2) is 7.23. The van der Waals surface area contributed by atoms with E-state index in [1.165, 1.54) is 5.69 Å². The van der Waals surface area contributed by atoms with Gasteiger partial charge < -0.3 is 24.3 Å². The molecule has 1 amide bonds. The zero-order valence-corrected chi connectivity index (χ0v) is 15.6. The van der Waals surface area contributed by atoms with Crippen molar-refractivity contribution in [2.24, 2.45) is 0 Å². The van der Waals surface area contributed by atoms with Gasteiger partial charge in [0.25, 0.3) is 5.91 Å². The van der Waals surface area contributed by atoms with Crippen molar-refractivity contribution in [3.8, 4) is 11.5 Å². The number of hydrogen-bond donors (Lipinski definition) is 1. The molecule has 0 spiro atoms. The molecule has 1 aliphatic rings. The number of anilines is 1. The smallest absolute Gasteiger partial charge is 0.256 e. The number of ether oxygens (including phenoxy) is 2. The van der Waals surface area contributed by atoms with Crippen LogP contribution in [-0.2, 0) is 0 Å². The average molecular weight is 365 g/mol. The number of carbonyl (C=O) groups excluding carboxylic acids is 1. The van der Waals surface area contributed by atoms with E-state index in [0.717, 1.165) is 24.0 Å². The van der Waals surface area contributed by atoms with Crippen LogP contribution in [0.1, 0.15) is 10.4 Å². The monoisotopic (exact) mass is 365 g/mol. The second-order valence-corrected chi connectivity index (χ2v) is 6.57. The molecule has 1 aliphatic heterocycles. The maximum Gasteiger partial charge on any atom is 0.256 e. The highest BCUT2D eigenvalue weighted by Gasteiger charge is 2.24. The summed E-state index contributed by atoms with van der Waals surface area (Å²) in [5.41, 5.74) is 2.73. The number of hydrogen-bond acceptors (Lipinski definition) is 4. The van der Waals surface area contributed by atoms with Crippen molar-refractivity contribution in [3.05, 3.63) is 54.2 Å². The number of benzene rings is 2. The minimum atomic E-state index is 0.0428. The van der Waals surface area contributed by atoms with Crippen LogP contribution in [0.3, 0.4) is 0 Å². The molecule has 1 fully saturated rings. The van der Waals surface area contributed by atoms with Gasteiger partial charge in [0.2, 0.25) is 0 Å². The minimum Gasteiger partial charge on any atom is -0.493 e. The van der Waals surface area contributed by atoms with Gasteiger partial charge in [-0.2, -0.15) is 0 Å². The summed E-state index contributed by atoms with van der Waals surface area (Å²) >= 11 is 0. The number of para-hydroxylation sites is 1. The van der Waals surface area contributed by atoms with Crippen LogP contribution in [0.25, 0.3) is 10.9 Å². The number of nitrogens with one attached hydrogen (secondary N) is 1. The summed E-state index contributed by atoms with van der Waals surface area (Å²) in [6, 6.07) is 14.0. The van der Waals surface area contributed by atoms with E-state index in [2.05, 4.69) is 22.0 Å². The van der Waals surface area contributed by atoms with Crippen molar-refractivity contribution in [1.82, 2.24) is 9.88 Å². The van der Waals surface area contributed by atoms with Crippen LogP contribution in [0, 0.1) is 0 Å². The molecule has 1 saturated heterocycles. The highest BCUT2D eigenvalue weighted by molar-refractivity contribution is 6.07. The van der Waals surface area contributed by atoms with Crippen LogP contribution >= 0.6 is 0 Å². The van der Waals surface area contributed by atoms with Gasteiger partial charge in [-0.3, -0.25) is 4.79 Å². The SMILES string of the molecule is COc1cc2[nH]cc(C(=O)N3CCN(c4ccccc4)CC3)c2cc1OC. The summed E-state index contributed by atoms with van der Waals surface area (Å²) in [5.74, 6) is 1.30. The van der Waals surface area contributed by atoms with Crippen LogP contribution in [-0.4, -0.2) is 56.2 Å². The van der Waals surface area contributed by atoms with Gasteiger partial charge in [0.05, 0.1) is 25.3 Å². The van der Waals surface area contributed by atoms with Crippen molar-refractivity contribution in [3.63, 3.8) is 0 Å². The number of carbonyl (C=O) groups is 1. The van der Waals surface area contributed by atoms with E-state index in [0.29, 0.717) is 30.2 Å². The molecule has 27 heavy (non-hydrogen) atoms. The van der Waals surface area contributed by atoms with Gasteiger partial charge in [-0.1, -0.05) is 18.2 Å². The molecule has 0 aliphatic carbocycles. The molecule has 1 aromatic heterocycles. The Kier molecular flexibility index (Phi) is 4.62. The van der Waals surface area contributed by atoms with Gasteiger partial charge >= 0.3 is 0 Å². The molecule has 6 heteroatoms. The molecule has 1 N–H and O–H groups in total. The second-order valence-electron chi connectivity index (χ2n) is 6.57. The summed E-state index contributed by atoms with van der Waals surface area (Å²) in [4.78, 5) is 20.5. The number of nitrogens with zero attached hydrogens (tertiary/aromatic N) is 2. The molecule has 2 heterocycles. The predicted molar refractivity (Wildman–Crippen MR) is 106 cm³/mol. The largest absolute Gasteiger partial charge is 0.493 e. The third kappa shape index (κ3) is 3.18. The molecule has 0 bridgehead atoms. The summed E-state index contributed by atoms with van der Waals surface area (Å²) < 4.78 is 10.7. The predicted octanol–water partition coefficient (Wildman–Crippen LogP) is 3.15. The maximum atomic E-state index is 13.1. The van der Waals surface area contributed by atoms with Crippen molar-refractivity contribution in [2.75, 3.05) is 45.3 Å². The first-order valence-electron chi connectivity index (χ1n) is 9.03. The number of methoxy groups -OCH3 is 2. The van der Waals surface area contributed by atoms with E-state index < -0.39 is 0 Å². The number of aromatic nitrogens is 1. The Balaban J connectivity index is 1.53. The molecule has 140 valence electrons. The van der Waals surface area contributed by atoms with E-state index in [4.69, 9.17) is 9.47 Å². The van der Waals surface area contributed by atoms with Gasteiger partial charge in [-0.05, 0) is 18.2 Å². The Bertz CT molecular complexity index is 944. The van der Waals surface area contributed by atoms with Gasteiger partial charge in [-0.25, -0.2) is 0 Å². The van der Waals surface area contributed by atoms with E-state index in [9.17, 15) is 4.79 Å². The lowest BCUT2D eigenvalue weighted by atomic mass is 10.1. The van der Waals surface area contributed by atoms with Crippen molar-refractivity contribution >= 4 is 22.5 Å². The Hall–Kier alpha value is -3.15. The minimum absolute atomic E-state index is 0.0428. The Morgan fingerprint density at radius 3 is 2.30 bits per heavy atom. The van der Waals surface area contributed by atoms with Crippen LogP contribution in [0.4, 0.5) is 5.69 Å². The lowest BCUT2D eigenvalue weighted by molar-refractivity contribution is 0.0749. The Morgan fingerprint density at radius 1 is 0.963 bits per heavy atom. The van der Waals surface area contributed by atoms with Gasteiger partial charge in [0.15, 0.2) is 11.5 Å². The third-order valence-electron chi connectivity index (χ3n) is 5.10. The molecule has 0 unspecified atom stereocenters. The van der Waals surface area contributed by atoms with Crippen LogP contribution < -0.4 is 14.4 Å². The van der Waals surface area contributed by atoms with E-state index in [1.807, 2.05) is 35.2 Å². The molecular weight excluding hydrogens is 342 g/mol. The summed E-state index contributed by atoms with van der Waals surface area (Å²) in [7, 11) is 3.20. The maximum absolute atomic E-state index is 13.1. The fourth-order valence-corrected chi connectivity index (χ4v) is 3.60. The third-order valence-corrected chi connectivity index (χ3v) is 5.10. The fourth-order valence-electron chi connectivity index (χ4n) is 3.60. The number of fused-ring (bicyclic) bond motifs is 1. The lowest BCUT2D eigenvalue weighted by Gasteiger charge is -2.36. The van der Waals surface area contributed by atoms with Crippen molar-refractivity contribution < 1.29 is 14.3 Å². The summed E-state index contributed by atoms with van der Waals surface area (Å²) in [6.07, 6.45) is 1.77. The number of amides is 1. The van der Waals surface area contributed by atoms with E-state index in [1.54, 1.807) is 20.4 Å². The molecular formula is C21H23N3O3. The van der Waals surface area contributed by atoms with Crippen LogP contribution in [0.5, 0.6) is 11.5 Å². The van der Waals surface area contributed by atoms with Gasteiger partial charge in [-0.15, -0.1) is 0 Å². The van der Waals surface area contributed by atoms with E-state index >= 15 is 0 Å². The van der Waals surface area contributed by atoms with Crippen molar-refractivity contribution in [2.45, 2.75) is 0 Å². The number of aromatic amines is 1. The zero-order valence-electron chi connectivity index (χ0n) is 15.6. The molecule has 4 rings (SSSR count). The zero-order chi connectivity index (χ0) is 18.8. The quantitative estimate of drug-likeness (QED) is 0.772. The van der Waals surface area contributed by atoms with Gasteiger partial charge in [0.1, 0.15) is 0 Å². The molecule has 3 aromatic rings. The summed E-state index contributed by atoms with van der Waals surface area (Å²) in [5, 5.41) is 0.850. The fraction of sp³-hybridized carbons (Fsp3) is 0.286. The first-order chi connectivity index (χ1) is 13.2. The first-order valence-corrected chi connectivity index (χ1v) is 9.03. The topological polar surface area (TPSA) is 57.8 Å². The molecule has 0 radical (unpaired) electrons. The Labute approximate surface area is 158 Å². The highest BCUT2D eigenvalue weighted by atomic mass is 16.5. The van der Waals surface area contributed by atoms with Crippen LogP contribution in [0.15, 0.2) is 48.7 Å². The highest BCUT2D eigenvalue weighted by Crippen LogP contribution is 2.33. The van der Waals surface area contributed by atoms with Gasteiger partial charge in [0, 0.05) is 49.5 Å². The number of rotatable bonds is 4. The summed E-state index contributed by atoms with van der Waals surface area (Å²) in [6.45, 7) is 3.06. The number of H-pyrrole nitrogens is 1. The molecule has 0 saturated carbocycles. The normalized spacial score (nSPS) is 14.4. The standard InChI is InChI=1S/C21H23N3O3/c1-26-19-12-16-17(14-22-18(16)13-20(19)27-2)21(25)24-10-8-23(9-11-24)15-6-4-3-5-7-15/h3-7,12-14,22H,8-11H2,1-2H3. The first kappa shape index (κ1) is 17.3. The molecule has 6 nitrogen and oxygen atoms in total. The Morgan fingerprint density at radius 2 is 1.63 bits per heavy atom. The molecule has 2 aromatic carbocycles. The number of piperazine rings is 1.